The number of epoxide rings is 1. The maximum absolute atomic E-state index is 11.9. The van der Waals surface area contributed by atoms with Crippen LogP contribution >= 0.6 is 0 Å². The summed E-state index contributed by atoms with van der Waals surface area (Å²) in [5.41, 5.74) is 0.0456. The number of rotatable bonds is 2. The molecular formula is C22H30O6. The normalized spacial score (nSPS) is 52.2. The van der Waals surface area contributed by atoms with Crippen LogP contribution in [0.25, 0.3) is 0 Å². The van der Waals surface area contributed by atoms with Crippen LogP contribution in [0.5, 0.6) is 0 Å². The van der Waals surface area contributed by atoms with Crippen LogP contribution in [0.3, 0.4) is 0 Å². The average molecular weight is 390 g/mol. The molecule has 9 atom stereocenters. The summed E-state index contributed by atoms with van der Waals surface area (Å²) in [4.78, 5) is 11.9. The standard InChI is InChI=1S/C22H30O6/c1-12-15(26-13(2)23)9-20(3)17(5-6-18-21(20,4)28-18)22(12)10-16(27-19(22)24)14-7-8-25-11-14/h7-8,11-12,15-19,24H,5-6,9-10H2,1-4H3/t12-,15+,16?,17?,18?,19?,20-,21+,22-/m1/s1. The molecule has 1 aromatic rings. The maximum atomic E-state index is 11.9. The van der Waals surface area contributed by atoms with Gasteiger partial charge in [-0.1, -0.05) is 13.8 Å². The molecule has 0 radical (unpaired) electrons. The van der Waals surface area contributed by atoms with Crippen molar-refractivity contribution in [3.05, 3.63) is 24.2 Å². The SMILES string of the molecule is CC(=O)O[C@H]1C[C@]2(C)C(CCC3O[C@@]32C)[C@@]2(CC(c3ccoc3)OC2O)[C@@H]1C. The van der Waals surface area contributed by atoms with Crippen LogP contribution in [0.1, 0.15) is 65.0 Å². The van der Waals surface area contributed by atoms with Gasteiger partial charge in [0.15, 0.2) is 6.29 Å². The van der Waals surface area contributed by atoms with Crippen LogP contribution in [0, 0.1) is 22.7 Å². The largest absolute Gasteiger partial charge is 0.472 e. The van der Waals surface area contributed by atoms with Crippen molar-refractivity contribution in [3.8, 4) is 0 Å². The van der Waals surface area contributed by atoms with E-state index >= 15 is 0 Å². The van der Waals surface area contributed by atoms with Crippen LogP contribution < -0.4 is 0 Å². The highest BCUT2D eigenvalue weighted by Gasteiger charge is 2.76. The molecular weight excluding hydrogens is 360 g/mol. The predicted molar refractivity (Wildman–Crippen MR) is 99.0 cm³/mol. The molecule has 4 fully saturated rings. The van der Waals surface area contributed by atoms with E-state index in [4.69, 9.17) is 18.6 Å². The third kappa shape index (κ3) is 2.22. The molecule has 154 valence electrons. The Labute approximate surface area is 165 Å². The zero-order valence-corrected chi connectivity index (χ0v) is 17.0. The zero-order chi connectivity index (χ0) is 19.9. The minimum Gasteiger partial charge on any atom is -0.472 e. The molecule has 0 bridgehead atoms. The number of aliphatic hydroxyl groups excluding tert-OH is 1. The number of carbonyl (C=O) groups is 1. The van der Waals surface area contributed by atoms with Crippen LogP contribution in [-0.2, 0) is 19.0 Å². The third-order valence-electron chi connectivity index (χ3n) is 8.77. The number of esters is 1. The van der Waals surface area contributed by atoms with E-state index in [1.807, 2.05) is 6.07 Å². The van der Waals surface area contributed by atoms with Gasteiger partial charge in [-0.15, -0.1) is 0 Å². The number of carbonyl (C=O) groups excluding carboxylic acids is 1. The number of fused-ring (bicyclic) bond motifs is 4. The van der Waals surface area contributed by atoms with Crippen molar-refractivity contribution in [2.75, 3.05) is 0 Å². The Balaban J connectivity index is 1.59. The lowest BCUT2D eigenvalue weighted by molar-refractivity contribution is -0.238. The van der Waals surface area contributed by atoms with Crippen molar-refractivity contribution in [1.82, 2.24) is 0 Å². The van der Waals surface area contributed by atoms with Gasteiger partial charge in [-0.3, -0.25) is 4.79 Å². The van der Waals surface area contributed by atoms with Crippen molar-refractivity contribution in [2.45, 2.75) is 83.6 Å². The first-order chi connectivity index (χ1) is 13.2. The van der Waals surface area contributed by atoms with Crippen molar-refractivity contribution in [1.29, 1.82) is 0 Å². The summed E-state index contributed by atoms with van der Waals surface area (Å²) in [6.07, 6.45) is 5.64. The average Bonchev–Trinajstić information content (AvgIpc) is 2.98. The van der Waals surface area contributed by atoms with Crippen molar-refractivity contribution < 1.29 is 28.5 Å². The zero-order valence-electron chi connectivity index (χ0n) is 17.0. The first-order valence-corrected chi connectivity index (χ1v) is 10.4. The molecule has 4 aliphatic rings. The molecule has 2 saturated carbocycles. The Morgan fingerprint density at radius 3 is 2.75 bits per heavy atom. The van der Waals surface area contributed by atoms with Crippen LogP contribution in [0.4, 0.5) is 0 Å². The molecule has 0 aromatic carbocycles. The van der Waals surface area contributed by atoms with Gasteiger partial charge in [0, 0.05) is 29.2 Å². The minimum atomic E-state index is -0.913. The maximum Gasteiger partial charge on any atom is 0.302 e. The Kier molecular flexibility index (Phi) is 3.88. The number of furan rings is 1. The van der Waals surface area contributed by atoms with E-state index in [1.165, 1.54) is 6.92 Å². The highest BCUT2D eigenvalue weighted by Crippen LogP contribution is 2.73. The minimum absolute atomic E-state index is 0.0136. The molecule has 6 nitrogen and oxygen atoms in total. The number of aliphatic hydroxyl groups is 1. The van der Waals surface area contributed by atoms with Crippen molar-refractivity contribution >= 4 is 5.97 Å². The molecule has 3 heterocycles. The van der Waals surface area contributed by atoms with Gasteiger partial charge in [0.25, 0.3) is 0 Å². The van der Waals surface area contributed by atoms with Gasteiger partial charge in [0.2, 0.25) is 0 Å². The van der Waals surface area contributed by atoms with Gasteiger partial charge < -0.3 is 23.7 Å². The first kappa shape index (κ1) is 18.6. The van der Waals surface area contributed by atoms with Crippen LogP contribution in [0.2, 0.25) is 0 Å². The Morgan fingerprint density at radius 2 is 2.07 bits per heavy atom. The van der Waals surface area contributed by atoms with Gasteiger partial charge >= 0.3 is 5.97 Å². The van der Waals surface area contributed by atoms with Gasteiger partial charge in [-0.2, -0.15) is 0 Å². The molecule has 28 heavy (non-hydrogen) atoms. The van der Waals surface area contributed by atoms with Crippen molar-refractivity contribution in [2.24, 2.45) is 22.7 Å². The molecule has 2 aliphatic heterocycles. The van der Waals surface area contributed by atoms with Gasteiger partial charge in [-0.25, -0.2) is 0 Å². The fraction of sp³-hybridized carbons (Fsp3) is 0.773. The lowest BCUT2D eigenvalue weighted by Gasteiger charge is -2.61. The molecule has 1 spiro atoms. The van der Waals surface area contributed by atoms with E-state index in [-0.39, 0.29) is 47.1 Å². The lowest BCUT2D eigenvalue weighted by Crippen LogP contribution is -2.64. The summed E-state index contributed by atoms with van der Waals surface area (Å²) in [5, 5.41) is 11.3. The Hall–Kier alpha value is -1.37. The molecule has 5 rings (SSSR count). The molecule has 1 N–H and O–H groups in total. The lowest BCUT2D eigenvalue weighted by atomic mass is 9.43. The summed E-state index contributed by atoms with van der Waals surface area (Å²) in [6, 6.07) is 1.90. The van der Waals surface area contributed by atoms with E-state index in [0.29, 0.717) is 6.42 Å². The number of hydrogen-bond acceptors (Lipinski definition) is 6. The second kappa shape index (κ2) is 5.83. The molecule has 4 unspecified atom stereocenters. The number of ether oxygens (including phenoxy) is 3. The Bertz CT molecular complexity index is 776. The molecule has 1 aromatic heterocycles. The molecule has 0 amide bonds. The van der Waals surface area contributed by atoms with E-state index < -0.39 is 11.7 Å². The fourth-order valence-electron chi connectivity index (χ4n) is 7.03. The quantitative estimate of drug-likeness (QED) is 0.614. The van der Waals surface area contributed by atoms with Crippen LogP contribution in [-0.4, -0.2) is 35.2 Å². The van der Waals surface area contributed by atoms with Gasteiger partial charge in [-0.05, 0) is 44.6 Å². The molecule has 6 heteroatoms. The monoisotopic (exact) mass is 390 g/mol. The molecule has 2 saturated heterocycles. The third-order valence-corrected chi connectivity index (χ3v) is 8.77. The van der Waals surface area contributed by atoms with E-state index in [1.54, 1.807) is 12.5 Å². The topological polar surface area (TPSA) is 81.4 Å². The molecule has 2 aliphatic carbocycles. The fourth-order valence-corrected chi connectivity index (χ4v) is 7.03. The second-order valence-corrected chi connectivity index (χ2v) is 9.75. The number of hydrogen-bond donors (Lipinski definition) is 1. The first-order valence-electron chi connectivity index (χ1n) is 10.4. The highest BCUT2D eigenvalue weighted by molar-refractivity contribution is 5.66. The van der Waals surface area contributed by atoms with Gasteiger partial charge in [0.05, 0.1) is 30.3 Å². The highest BCUT2D eigenvalue weighted by atomic mass is 16.6. The summed E-state index contributed by atoms with van der Waals surface area (Å²) in [5.74, 6) is -0.0548. The summed E-state index contributed by atoms with van der Waals surface area (Å²) in [6.45, 7) is 8.02. The van der Waals surface area contributed by atoms with Gasteiger partial charge in [0.1, 0.15) is 6.10 Å². The summed E-state index contributed by atoms with van der Waals surface area (Å²) < 4.78 is 23.4. The summed E-state index contributed by atoms with van der Waals surface area (Å²) in [7, 11) is 0. The van der Waals surface area contributed by atoms with E-state index in [0.717, 1.165) is 24.8 Å². The second-order valence-electron chi connectivity index (χ2n) is 9.75. The van der Waals surface area contributed by atoms with Crippen LogP contribution in [0.15, 0.2) is 23.0 Å². The smallest absolute Gasteiger partial charge is 0.302 e. The Morgan fingerprint density at radius 1 is 1.29 bits per heavy atom. The van der Waals surface area contributed by atoms with E-state index in [2.05, 4.69) is 20.8 Å². The summed E-state index contributed by atoms with van der Waals surface area (Å²) >= 11 is 0. The van der Waals surface area contributed by atoms with E-state index in [9.17, 15) is 9.90 Å². The predicted octanol–water partition coefficient (Wildman–Crippen LogP) is 3.59. The van der Waals surface area contributed by atoms with Crippen molar-refractivity contribution in [3.63, 3.8) is 0 Å².